The first-order chi connectivity index (χ1) is 20.4. The van der Waals surface area contributed by atoms with E-state index in [2.05, 4.69) is 5.16 Å². The van der Waals surface area contributed by atoms with Gasteiger partial charge in [-0.2, -0.15) is 16.9 Å². The van der Waals surface area contributed by atoms with Crippen LogP contribution in [0, 0.1) is 5.82 Å². The van der Waals surface area contributed by atoms with Crippen LogP contribution < -0.4 is 14.3 Å². The Hall–Kier alpha value is -3.57. The van der Waals surface area contributed by atoms with Gasteiger partial charge in [0.1, 0.15) is 23.8 Å². The van der Waals surface area contributed by atoms with E-state index < -0.39 is 0 Å². The molecule has 0 aliphatic heterocycles. The monoisotopic (exact) mass is 642 g/mol. The fraction of sp³-hybridized carbons (Fsp3) is 0.167. The lowest BCUT2D eigenvalue weighted by Gasteiger charge is -2.12. The van der Waals surface area contributed by atoms with Gasteiger partial charge >= 0.3 is 0 Å². The quantitative estimate of drug-likeness (QED) is 0.108. The van der Waals surface area contributed by atoms with Crippen LogP contribution in [0.1, 0.15) is 11.1 Å². The average molecular weight is 644 g/mol. The highest BCUT2D eigenvalue weighted by Gasteiger charge is 2.15. The van der Waals surface area contributed by atoms with Crippen molar-refractivity contribution in [2.45, 2.75) is 6.61 Å². The molecule has 216 valence electrons. The molecular formula is C30H25Cl2FN4O3S2. The number of ether oxygens (including phenoxy) is 2. The van der Waals surface area contributed by atoms with E-state index in [0.29, 0.717) is 50.0 Å². The number of methoxy groups -OCH3 is 1. The average Bonchev–Trinajstić information content (AvgIpc) is 3.64. The standard InChI is InChI=1S/C30H25Cl2FN4O3S2/c1-38-29-13-19(3-10-27(29)39-17-21-4-7-22(31)14-24(21)32)16-35-37-26(18-42-30(37)34-11-12-41-2)28-15-25(36-40-28)20-5-8-23(33)9-6-20/h3-10,13-16,18H,11-12,17H2,1-2H3/b34-30?,35-16+. The molecule has 12 heteroatoms. The number of halogens is 3. The minimum atomic E-state index is -0.314. The molecular weight excluding hydrogens is 618 g/mol. The largest absolute Gasteiger partial charge is 0.493 e. The van der Waals surface area contributed by atoms with E-state index in [-0.39, 0.29) is 12.4 Å². The lowest BCUT2D eigenvalue weighted by molar-refractivity contribution is 0.284. The summed E-state index contributed by atoms with van der Waals surface area (Å²) < 4.78 is 32.3. The van der Waals surface area contributed by atoms with Crippen molar-refractivity contribution in [3.05, 3.63) is 104 Å². The van der Waals surface area contributed by atoms with Gasteiger partial charge in [0.2, 0.25) is 4.80 Å². The zero-order chi connectivity index (χ0) is 29.5. The van der Waals surface area contributed by atoms with Crippen LogP contribution >= 0.6 is 46.3 Å². The van der Waals surface area contributed by atoms with Crippen LogP contribution in [-0.2, 0) is 6.61 Å². The van der Waals surface area contributed by atoms with Gasteiger partial charge in [0.05, 0.1) is 19.9 Å². The third-order valence-electron chi connectivity index (χ3n) is 6.04. The van der Waals surface area contributed by atoms with Crippen molar-refractivity contribution in [2.75, 3.05) is 25.7 Å². The summed E-state index contributed by atoms with van der Waals surface area (Å²) in [4.78, 5) is 5.43. The second kappa shape index (κ2) is 14.1. The Morgan fingerprint density at radius 1 is 1.07 bits per heavy atom. The molecule has 0 amide bonds. The molecule has 2 heterocycles. The van der Waals surface area contributed by atoms with E-state index in [1.54, 1.807) is 60.1 Å². The van der Waals surface area contributed by atoms with Gasteiger partial charge in [0, 0.05) is 38.4 Å². The van der Waals surface area contributed by atoms with Gasteiger partial charge in [-0.25, -0.2) is 9.07 Å². The van der Waals surface area contributed by atoms with Crippen LogP contribution in [0.5, 0.6) is 11.5 Å². The van der Waals surface area contributed by atoms with Gasteiger partial charge in [-0.15, -0.1) is 11.3 Å². The molecule has 0 spiro atoms. The maximum absolute atomic E-state index is 13.4. The Bertz CT molecular complexity index is 1770. The molecule has 0 fully saturated rings. The van der Waals surface area contributed by atoms with Crippen LogP contribution in [0.3, 0.4) is 0 Å². The van der Waals surface area contributed by atoms with E-state index in [9.17, 15) is 4.39 Å². The smallest absolute Gasteiger partial charge is 0.206 e. The van der Waals surface area contributed by atoms with Crippen molar-refractivity contribution in [1.29, 1.82) is 0 Å². The van der Waals surface area contributed by atoms with E-state index >= 15 is 0 Å². The first-order valence-electron chi connectivity index (χ1n) is 12.7. The summed E-state index contributed by atoms with van der Waals surface area (Å²) in [5.41, 5.74) is 3.62. The summed E-state index contributed by atoms with van der Waals surface area (Å²) in [7, 11) is 1.58. The Morgan fingerprint density at radius 3 is 2.67 bits per heavy atom. The van der Waals surface area contributed by atoms with Crippen molar-refractivity contribution in [2.24, 2.45) is 10.1 Å². The molecule has 42 heavy (non-hydrogen) atoms. The number of rotatable bonds is 11. The molecule has 0 saturated heterocycles. The number of hydrogen-bond acceptors (Lipinski definition) is 8. The van der Waals surface area contributed by atoms with E-state index in [0.717, 1.165) is 22.4 Å². The Morgan fingerprint density at radius 2 is 1.90 bits per heavy atom. The fourth-order valence-electron chi connectivity index (χ4n) is 3.88. The molecule has 7 nitrogen and oxygen atoms in total. The van der Waals surface area contributed by atoms with Crippen LogP contribution in [0.4, 0.5) is 4.39 Å². The molecule has 0 unspecified atom stereocenters. The Balaban J connectivity index is 1.41. The highest BCUT2D eigenvalue weighted by atomic mass is 35.5. The lowest BCUT2D eigenvalue weighted by Crippen LogP contribution is -2.13. The molecule has 0 saturated carbocycles. The number of hydrogen-bond donors (Lipinski definition) is 0. The lowest BCUT2D eigenvalue weighted by atomic mass is 10.1. The highest BCUT2D eigenvalue weighted by Crippen LogP contribution is 2.30. The van der Waals surface area contributed by atoms with Crippen LogP contribution in [-0.4, -0.2) is 41.7 Å². The predicted octanol–water partition coefficient (Wildman–Crippen LogP) is 8.05. The van der Waals surface area contributed by atoms with E-state index in [4.69, 9.17) is 47.3 Å². The normalized spacial score (nSPS) is 11.9. The molecule has 2 aromatic heterocycles. The van der Waals surface area contributed by atoms with Gasteiger partial charge in [-0.1, -0.05) is 34.4 Å². The maximum atomic E-state index is 13.4. The zero-order valence-corrected chi connectivity index (χ0v) is 25.7. The summed E-state index contributed by atoms with van der Waals surface area (Å²) in [6.07, 6.45) is 3.75. The molecule has 3 aromatic carbocycles. The SMILES string of the molecule is COc1cc(/C=N/n2c(-c3cc(-c4ccc(F)cc4)no3)csc2=NCCSC)ccc1OCc1ccc(Cl)cc1Cl. The van der Waals surface area contributed by atoms with Crippen molar-refractivity contribution < 1.29 is 18.4 Å². The summed E-state index contributed by atoms with van der Waals surface area (Å²) in [6.45, 7) is 0.900. The highest BCUT2D eigenvalue weighted by molar-refractivity contribution is 7.98. The number of thiazole rings is 1. The fourth-order valence-corrected chi connectivity index (χ4v) is 5.46. The first kappa shape index (κ1) is 29.9. The maximum Gasteiger partial charge on any atom is 0.206 e. The molecule has 0 radical (unpaired) electrons. The first-order valence-corrected chi connectivity index (χ1v) is 15.7. The predicted molar refractivity (Wildman–Crippen MR) is 169 cm³/mol. The van der Waals surface area contributed by atoms with E-state index in [1.165, 1.54) is 23.5 Å². The number of thioether (sulfide) groups is 1. The van der Waals surface area contributed by atoms with Crippen molar-refractivity contribution >= 4 is 52.5 Å². The molecule has 0 bridgehead atoms. The van der Waals surface area contributed by atoms with Crippen molar-refractivity contribution in [3.8, 4) is 34.2 Å². The van der Waals surface area contributed by atoms with Gasteiger partial charge < -0.3 is 14.0 Å². The summed E-state index contributed by atoms with van der Waals surface area (Å²) in [5, 5.41) is 11.9. The third kappa shape index (κ3) is 7.25. The molecule has 0 atom stereocenters. The summed E-state index contributed by atoms with van der Waals surface area (Å²) in [6, 6.07) is 18.7. The minimum absolute atomic E-state index is 0.256. The summed E-state index contributed by atoms with van der Waals surface area (Å²) >= 11 is 15.5. The van der Waals surface area contributed by atoms with Crippen molar-refractivity contribution in [1.82, 2.24) is 9.83 Å². The molecule has 5 rings (SSSR count). The number of benzene rings is 3. The van der Waals surface area contributed by atoms with Gasteiger partial charge in [0.25, 0.3) is 0 Å². The Labute approximate surface area is 260 Å². The topological polar surface area (TPSA) is 74.1 Å². The molecule has 5 aromatic rings. The van der Waals surface area contributed by atoms with Crippen LogP contribution in [0.2, 0.25) is 10.0 Å². The summed E-state index contributed by atoms with van der Waals surface area (Å²) in [5.74, 6) is 2.19. The molecule has 0 aliphatic rings. The van der Waals surface area contributed by atoms with Crippen LogP contribution in [0.25, 0.3) is 22.7 Å². The molecule has 0 aliphatic carbocycles. The second-order valence-corrected chi connectivity index (χ2v) is 11.5. The third-order valence-corrected chi connectivity index (χ3v) is 8.07. The number of nitrogens with zero attached hydrogens (tertiary/aromatic N) is 4. The van der Waals surface area contributed by atoms with Gasteiger partial charge in [0.15, 0.2) is 17.3 Å². The van der Waals surface area contributed by atoms with Gasteiger partial charge in [-0.3, -0.25) is 4.99 Å². The Kier molecular flexibility index (Phi) is 10.0. The van der Waals surface area contributed by atoms with E-state index in [1.807, 2.05) is 35.9 Å². The second-order valence-electron chi connectivity index (χ2n) is 8.85. The minimum Gasteiger partial charge on any atom is -0.493 e. The van der Waals surface area contributed by atoms with Crippen molar-refractivity contribution in [3.63, 3.8) is 0 Å². The molecule has 0 N–H and O–H groups in total. The van der Waals surface area contributed by atoms with Crippen LogP contribution in [0.15, 0.2) is 86.7 Å². The number of aromatic nitrogens is 2. The van der Waals surface area contributed by atoms with Gasteiger partial charge in [-0.05, 0) is 66.4 Å². The zero-order valence-electron chi connectivity index (χ0n) is 22.6.